The summed E-state index contributed by atoms with van der Waals surface area (Å²) in [5, 5.41) is 0. The lowest BCUT2D eigenvalue weighted by Crippen LogP contribution is -2.04. The van der Waals surface area contributed by atoms with Crippen molar-refractivity contribution < 1.29 is 14.2 Å². The lowest BCUT2D eigenvalue weighted by Gasteiger charge is -2.08. The number of ether oxygens (including phenoxy) is 3. The molecule has 0 atom stereocenters. The molecule has 0 unspecified atom stereocenters. The highest BCUT2D eigenvalue weighted by atomic mass is 16.5. The van der Waals surface area contributed by atoms with Crippen molar-refractivity contribution in [3.05, 3.63) is 29.3 Å². The number of benzene rings is 1. The molecule has 1 rings (SSSR count). The van der Waals surface area contributed by atoms with E-state index in [1.165, 1.54) is 0 Å². The predicted molar refractivity (Wildman–Crippen MR) is 75.1 cm³/mol. The topological polar surface area (TPSA) is 53.7 Å². The zero-order valence-corrected chi connectivity index (χ0v) is 11.6. The molecule has 0 saturated heterocycles. The van der Waals surface area contributed by atoms with Crippen LogP contribution in [0, 0.1) is 11.8 Å². The second-order valence-electron chi connectivity index (χ2n) is 3.79. The van der Waals surface area contributed by atoms with Gasteiger partial charge in [0.1, 0.15) is 5.75 Å². The highest BCUT2D eigenvalue weighted by Gasteiger charge is 2.02. The van der Waals surface area contributed by atoms with Crippen molar-refractivity contribution in [2.75, 3.05) is 33.5 Å². The molecule has 0 fully saturated rings. The van der Waals surface area contributed by atoms with Crippen LogP contribution in [0.25, 0.3) is 0 Å². The third kappa shape index (κ3) is 5.75. The summed E-state index contributed by atoms with van der Waals surface area (Å²) >= 11 is 0. The van der Waals surface area contributed by atoms with Crippen LogP contribution in [0.4, 0.5) is 0 Å². The Kier molecular flexibility index (Phi) is 7.68. The largest absolute Gasteiger partial charge is 0.495 e. The van der Waals surface area contributed by atoms with Gasteiger partial charge < -0.3 is 19.9 Å². The van der Waals surface area contributed by atoms with Gasteiger partial charge in [-0.25, -0.2) is 0 Å². The van der Waals surface area contributed by atoms with Crippen LogP contribution in [0.3, 0.4) is 0 Å². The average molecular weight is 263 g/mol. The molecule has 0 amide bonds. The SMILES string of the molecule is CCOCCOCc1ccc(OC)c(C#CCN)c1. The van der Waals surface area contributed by atoms with Crippen LogP contribution in [0.1, 0.15) is 18.1 Å². The highest BCUT2D eigenvalue weighted by Crippen LogP contribution is 2.19. The Hall–Kier alpha value is -1.54. The molecule has 104 valence electrons. The van der Waals surface area contributed by atoms with Crippen LogP contribution >= 0.6 is 0 Å². The van der Waals surface area contributed by atoms with Crippen molar-refractivity contribution in [3.63, 3.8) is 0 Å². The number of rotatable bonds is 7. The van der Waals surface area contributed by atoms with Crippen molar-refractivity contribution in [2.24, 2.45) is 5.73 Å². The van der Waals surface area contributed by atoms with E-state index in [9.17, 15) is 0 Å². The molecule has 0 aliphatic heterocycles. The van der Waals surface area contributed by atoms with E-state index >= 15 is 0 Å². The lowest BCUT2D eigenvalue weighted by atomic mass is 10.1. The molecule has 0 aliphatic carbocycles. The van der Waals surface area contributed by atoms with Crippen LogP contribution < -0.4 is 10.5 Å². The van der Waals surface area contributed by atoms with E-state index in [4.69, 9.17) is 19.9 Å². The first kappa shape index (κ1) is 15.5. The van der Waals surface area contributed by atoms with Crippen molar-refractivity contribution in [1.82, 2.24) is 0 Å². The average Bonchev–Trinajstić information content (AvgIpc) is 2.45. The fourth-order valence-electron chi connectivity index (χ4n) is 1.54. The Morgan fingerprint density at radius 2 is 2.00 bits per heavy atom. The summed E-state index contributed by atoms with van der Waals surface area (Å²) in [4.78, 5) is 0. The Labute approximate surface area is 114 Å². The third-order valence-electron chi connectivity index (χ3n) is 2.43. The van der Waals surface area contributed by atoms with Gasteiger partial charge in [-0.2, -0.15) is 0 Å². The molecule has 19 heavy (non-hydrogen) atoms. The van der Waals surface area contributed by atoms with Crippen LogP contribution in [-0.2, 0) is 16.1 Å². The van der Waals surface area contributed by atoms with Crippen LogP contribution in [-0.4, -0.2) is 33.5 Å². The second-order valence-corrected chi connectivity index (χ2v) is 3.79. The van der Waals surface area contributed by atoms with Crippen molar-refractivity contribution in [3.8, 4) is 17.6 Å². The van der Waals surface area contributed by atoms with Crippen LogP contribution in [0.5, 0.6) is 5.75 Å². The van der Waals surface area contributed by atoms with E-state index in [1.54, 1.807) is 7.11 Å². The Morgan fingerprint density at radius 3 is 2.68 bits per heavy atom. The molecule has 2 N–H and O–H groups in total. The second kappa shape index (κ2) is 9.40. The summed E-state index contributed by atoms with van der Waals surface area (Å²) in [6, 6.07) is 5.82. The summed E-state index contributed by atoms with van der Waals surface area (Å²) in [5.74, 6) is 6.57. The van der Waals surface area contributed by atoms with E-state index in [-0.39, 0.29) is 0 Å². The first-order chi connectivity index (χ1) is 9.31. The number of hydrogen-bond acceptors (Lipinski definition) is 4. The van der Waals surface area contributed by atoms with E-state index in [2.05, 4.69) is 11.8 Å². The molecule has 1 aromatic carbocycles. The van der Waals surface area contributed by atoms with Gasteiger partial charge in [0.25, 0.3) is 0 Å². The number of hydrogen-bond donors (Lipinski definition) is 1. The van der Waals surface area contributed by atoms with Gasteiger partial charge in [-0.3, -0.25) is 0 Å². The van der Waals surface area contributed by atoms with Crippen LogP contribution in [0.2, 0.25) is 0 Å². The van der Waals surface area contributed by atoms with Gasteiger partial charge in [0.05, 0.1) is 39.0 Å². The van der Waals surface area contributed by atoms with Gasteiger partial charge in [-0.05, 0) is 24.6 Å². The minimum Gasteiger partial charge on any atom is -0.495 e. The monoisotopic (exact) mass is 263 g/mol. The first-order valence-electron chi connectivity index (χ1n) is 6.33. The van der Waals surface area contributed by atoms with Crippen molar-refractivity contribution in [2.45, 2.75) is 13.5 Å². The van der Waals surface area contributed by atoms with Gasteiger partial charge in [0.15, 0.2) is 0 Å². The Morgan fingerprint density at radius 1 is 1.21 bits per heavy atom. The maximum atomic E-state index is 5.52. The minimum atomic E-state index is 0.332. The van der Waals surface area contributed by atoms with Gasteiger partial charge in [-0.15, -0.1) is 0 Å². The van der Waals surface area contributed by atoms with E-state index < -0.39 is 0 Å². The van der Waals surface area contributed by atoms with Gasteiger partial charge in [-0.1, -0.05) is 17.9 Å². The van der Waals surface area contributed by atoms with Gasteiger partial charge >= 0.3 is 0 Å². The predicted octanol–water partition coefficient (Wildman–Crippen LogP) is 1.56. The zero-order chi connectivity index (χ0) is 13.9. The highest BCUT2D eigenvalue weighted by molar-refractivity contribution is 5.48. The Bertz CT molecular complexity index is 435. The number of nitrogens with two attached hydrogens (primary N) is 1. The summed E-state index contributed by atoms with van der Waals surface area (Å²) in [6.07, 6.45) is 0. The molecule has 1 aromatic rings. The lowest BCUT2D eigenvalue weighted by molar-refractivity contribution is 0.0453. The molecule has 0 radical (unpaired) electrons. The van der Waals surface area contributed by atoms with E-state index in [0.717, 1.165) is 16.9 Å². The maximum absolute atomic E-state index is 5.52. The van der Waals surface area contributed by atoms with Crippen molar-refractivity contribution >= 4 is 0 Å². The molecular formula is C15H21NO3. The van der Waals surface area contributed by atoms with Gasteiger partial charge in [0.2, 0.25) is 0 Å². The maximum Gasteiger partial charge on any atom is 0.134 e. The summed E-state index contributed by atoms with van der Waals surface area (Å²) in [5.41, 5.74) is 7.27. The zero-order valence-electron chi connectivity index (χ0n) is 11.6. The molecule has 0 aliphatic rings. The van der Waals surface area contributed by atoms with E-state index in [0.29, 0.717) is 33.0 Å². The summed E-state index contributed by atoms with van der Waals surface area (Å²) in [6.45, 7) is 4.75. The molecule has 0 aromatic heterocycles. The molecule has 0 spiro atoms. The summed E-state index contributed by atoms with van der Waals surface area (Å²) < 4.78 is 16.0. The third-order valence-corrected chi connectivity index (χ3v) is 2.43. The molecule has 0 bridgehead atoms. The fourth-order valence-corrected chi connectivity index (χ4v) is 1.54. The molecule has 4 heteroatoms. The standard InChI is InChI=1S/C15H21NO3/c1-3-18-9-10-19-12-13-6-7-15(17-2)14(11-13)5-4-8-16/h6-7,11H,3,8-10,12,16H2,1-2H3. The van der Waals surface area contributed by atoms with Crippen molar-refractivity contribution in [1.29, 1.82) is 0 Å². The van der Waals surface area contributed by atoms with E-state index in [1.807, 2.05) is 25.1 Å². The normalized spacial score (nSPS) is 9.84. The van der Waals surface area contributed by atoms with Gasteiger partial charge in [0, 0.05) is 6.61 Å². The molecular weight excluding hydrogens is 242 g/mol. The fraction of sp³-hybridized carbons (Fsp3) is 0.467. The molecule has 4 nitrogen and oxygen atoms in total. The summed E-state index contributed by atoms with van der Waals surface area (Å²) in [7, 11) is 1.63. The smallest absolute Gasteiger partial charge is 0.134 e. The molecule has 0 heterocycles. The first-order valence-corrected chi connectivity index (χ1v) is 6.33. The minimum absolute atomic E-state index is 0.332. The Balaban J connectivity index is 2.59. The quantitative estimate of drug-likeness (QED) is 0.599. The number of methoxy groups -OCH3 is 1. The molecule has 0 saturated carbocycles. The van der Waals surface area contributed by atoms with Crippen LogP contribution in [0.15, 0.2) is 18.2 Å².